The summed E-state index contributed by atoms with van der Waals surface area (Å²) in [5, 5.41) is 11.6. The van der Waals surface area contributed by atoms with Crippen molar-refractivity contribution in [1.82, 2.24) is 5.32 Å². The molecule has 2 N–H and O–H groups in total. The molecule has 0 fully saturated rings. The lowest BCUT2D eigenvalue weighted by atomic mass is 9.96. The van der Waals surface area contributed by atoms with Crippen LogP contribution in [-0.4, -0.2) is 22.5 Å². The van der Waals surface area contributed by atoms with Gasteiger partial charge in [-0.1, -0.05) is 37.5 Å². The highest BCUT2D eigenvalue weighted by atomic mass is 16.4. The van der Waals surface area contributed by atoms with Crippen LogP contribution in [-0.2, 0) is 9.59 Å². The molecule has 0 bridgehead atoms. The van der Waals surface area contributed by atoms with E-state index in [0.717, 1.165) is 0 Å². The molecule has 0 saturated carbocycles. The third-order valence-electron chi connectivity index (χ3n) is 2.71. The Kier molecular flexibility index (Phi) is 5.13. The van der Waals surface area contributed by atoms with Gasteiger partial charge in [0.25, 0.3) is 5.91 Å². The van der Waals surface area contributed by atoms with Gasteiger partial charge in [0.05, 0.1) is 0 Å². The van der Waals surface area contributed by atoms with Crippen LogP contribution in [0.5, 0.6) is 0 Å². The van der Waals surface area contributed by atoms with Crippen LogP contribution in [0, 0.1) is 11.8 Å². The van der Waals surface area contributed by atoms with E-state index in [9.17, 15) is 9.59 Å². The maximum Gasteiger partial charge on any atom is 0.329 e. The zero-order valence-corrected chi connectivity index (χ0v) is 11.1. The van der Waals surface area contributed by atoms with E-state index in [-0.39, 0.29) is 0 Å². The van der Waals surface area contributed by atoms with Crippen LogP contribution in [0.3, 0.4) is 0 Å². The van der Waals surface area contributed by atoms with Gasteiger partial charge in [-0.05, 0) is 25.5 Å². The van der Waals surface area contributed by atoms with Crippen molar-refractivity contribution < 1.29 is 14.7 Å². The van der Waals surface area contributed by atoms with Gasteiger partial charge < -0.3 is 10.4 Å². The third-order valence-corrected chi connectivity index (χ3v) is 2.71. The molecule has 4 heteroatoms. The number of aliphatic carboxylic acids is 1. The number of carbonyl (C=O) groups is 2. The highest BCUT2D eigenvalue weighted by Crippen LogP contribution is 2.12. The standard InChI is InChI=1S/C15H17NO3/c1-3-11-15(2,14(18)19)16-13(17)10-9-12-7-5-4-6-8-12/h4-8H,3,11H2,1-2H3,(H,16,17)(H,18,19). The summed E-state index contributed by atoms with van der Waals surface area (Å²) in [5.74, 6) is 3.46. The molecule has 19 heavy (non-hydrogen) atoms. The van der Waals surface area contributed by atoms with Crippen molar-refractivity contribution in [2.45, 2.75) is 32.2 Å². The Balaban J connectivity index is 2.75. The fourth-order valence-corrected chi connectivity index (χ4v) is 1.66. The minimum absolute atomic E-state index is 0.362. The molecule has 0 spiro atoms. The molecule has 1 aromatic rings. The first-order chi connectivity index (χ1) is 8.98. The van der Waals surface area contributed by atoms with Gasteiger partial charge in [-0.15, -0.1) is 0 Å². The molecule has 1 amide bonds. The van der Waals surface area contributed by atoms with E-state index in [1.54, 1.807) is 12.1 Å². The zero-order chi connectivity index (χ0) is 14.3. The molecule has 1 atom stereocenters. The number of carboxylic acid groups (broad SMARTS) is 1. The van der Waals surface area contributed by atoms with Crippen LogP contribution in [0.1, 0.15) is 32.3 Å². The zero-order valence-electron chi connectivity index (χ0n) is 11.1. The molecule has 0 aliphatic heterocycles. The summed E-state index contributed by atoms with van der Waals surface area (Å²) < 4.78 is 0. The summed E-state index contributed by atoms with van der Waals surface area (Å²) in [4.78, 5) is 22.8. The fourth-order valence-electron chi connectivity index (χ4n) is 1.66. The molecule has 1 unspecified atom stereocenters. The number of hydrogen-bond acceptors (Lipinski definition) is 2. The first-order valence-electron chi connectivity index (χ1n) is 6.10. The van der Waals surface area contributed by atoms with E-state index in [4.69, 9.17) is 5.11 Å². The van der Waals surface area contributed by atoms with Gasteiger partial charge in [0.15, 0.2) is 0 Å². The molecular formula is C15H17NO3. The molecular weight excluding hydrogens is 242 g/mol. The van der Waals surface area contributed by atoms with Crippen molar-refractivity contribution >= 4 is 11.9 Å². The molecule has 0 radical (unpaired) electrons. The van der Waals surface area contributed by atoms with Crippen molar-refractivity contribution in [3.8, 4) is 11.8 Å². The van der Waals surface area contributed by atoms with Crippen molar-refractivity contribution in [1.29, 1.82) is 0 Å². The number of carboxylic acids is 1. The van der Waals surface area contributed by atoms with Gasteiger partial charge in [-0.3, -0.25) is 4.79 Å². The van der Waals surface area contributed by atoms with Gasteiger partial charge in [0.1, 0.15) is 5.54 Å². The van der Waals surface area contributed by atoms with E-state index in [1.165, 1.54) is 6.92 Å². The summed E-state index contributed by atoms with van der Waals surface area (Å²) in [5.41, 5.74) is -0.554. The van der Waals surface area contributed by atoms with Crippen LogP contribution < -0.4 is 5.32 Å². The van der Waals surface area contributed by atoms with E-state index in [2.05, 4.69) is 17.2 Å². The van der Waals surface area contributed by atoms with E-state index < -0.39 is 17.4 Å². The van der Waals surface area contributed by atoms with Crippen LogP contribution in [0.2, 0.25) is 0 Å². The number of hydrogen-bond donors (Lipinski definition) is 2. The second-order valence-corrected chi connectivity index (χ2v) is 4.46. The Morgan fingerprint density at radius 2 is 1.95 bits per heavy atom. The lowest BCUT2D eigenvalue weighted by Crippen LogP contribution is -2.51. The molecule has 0 saturated heterocycles. The Morgan fingerprint density at radius 3 is 2.47 bits per heavy atom. The van der Waals surface area contributed by atoms with Crippen molar-refractivity contribution in [2.24, 2.45) is 0 Å². The fraction of sp³-hybridized carbons (Fsp3) is 0.333. The first kappa shape index (κ1) is 14.8. The minimum atomic E-state index is -1.27. The van der Waals surface area contributed by atoms with Gasteiger partial charge in [0, 0.05) is 11.5 Å². The molecule has 0 heterocycles. The summed E-state index contributed by atoms with van der Waals surface area (Å²) >= 11 is 0. The summed E-state index contributed by atoms with van der Waals surface area (Å²) in [6, 6.07) is 9.06. The molecule has 1 rings (SSSR count). The summed E-state index contributed by atoms with van der Waals surface area (Å²) in [6.07, 6.45) is 1.02. The lowest BCUT2D eigenvalue weighted by Gasteiger charge is -2.24. The molecule has 0 aromatic heterocycles. The molecule has 0 aliphatic rings. The molecule has 100 valence electrons. The highest BCUT2D eigenvalue weighted by Gasteiger charge is 2.33. The number of rotatable bonds is 4. The van der Waals surface area contributed by atoms with Crippen molar-refractivity contribution in [2.75, 3.05) is 0 Å². The van der Waals surface area contributed by atoms with Crippen LogP contribution in [0.25, 0.3) is 0 Å². The average Bonchev–Trinajstić information content (AvgIpc) is 2.37. The van der Waals surface area contributed by atoms with Gasteiger partial charge in [0.2, 0.25) is 0 Å². The van der Waals surface area contributed by atoms with Gasteiger partial charge >= 0.3 is 5.97 Å². The van der Waals surface area contributed by atoms with Crippen molar-refractivity contribution in [3.63, 3.8) is 0 Å². The Morgan fingerprint density at radius 1 is 1.32 bits per heavy atom. The molecule has 0 aliphatic carbocycles. The normalized spacial score (nSPS) is 12.7. The largest absolute Gasteiger partial charge is 0.480 e. The third kappa shape index (κ3) is 4.47. The predicted octanol–water partition coefficient (Wildman–Crippen LogP) is 1.80. The molecule has 4 nitrogen and oxygen atoms in total. The monoisotopic (exact) mass is 259 g/mol. The highest BCUT2D eigenvalue weighted by molar-refractivity contribution is 5.97. The molecule has 1 aromatic carbocycles. The van der Waals surface area contributed by atoms with E-state index in [1.807, 2.05) is 25.1 Å². The summed E-state index contributed by atoms with van der Waals surface area (Å²) in [6.45, 7) is 3.35. The lowest BCUT2D eigenvalue weighted by molar-refractivity contribution is -0.146. The number of nitrogens with one attached hydrogen (secondary N) is 1. The number of carbonyl (C=O) groups excluding carboxylic acids is 1. The van der Waals surface area contributed by atoms with E-state index in [0.29, 0.717) is 18.4 Å². The summed E-state index contributed by atoms with van der Waals surface area (Å²) in [7, 11) is 0. The predicted molar refractivity (Wildman–Crippen MR) is 72.4 cm³/mol. The Hall–Kier alpha value is -2.28. The topological polar surface area (TPSA) is 66.4 Å². The van der Waals surface area contributed by atoms with Gasteiger partial charge in [-0.2, -0.15) is 0 Å². The first-order valence-corrected chi connectivity index (χ1v) is 6.10. The average molecular weight is 259 g/mol. The Labute approximate surface area is 112 Å². The van der Waals surface area contributed by atoms with Gasteiger partial charge in [-0.25, -0.2) is 4.79 Å². The van der Waals surface area contributed by atoms with Crippen LogP contribution in [0.4, 0.5) is 0 Å². The SMILES string of the molecule is CCCC(C)(NC(=O)C#Cc1ccccc1)C(=O)O. The van der Waals surface area contributed by atoms with E-state index >= 15 is 0 Å². The second kappa shape index (κ2) is 6.60. The number of benzene rings is 1. The maximum atomic E-state index is 11.7. The quantitative estimate of drug-likeness (QED) is 0.810. The van der Waals surface area contributed by atoms with Crippen molar-refractivity contribution in [3.05, 3.63) is 35.9 Å². The maximum absolute atomic E-state index is 11.7. The second-order valence-electron chi connectivity index (χ2n) is 4.46. The Bertz CT molecular complexity index is 513. The number of amides is 1. The van der Waals surface area contributed by atoms with Crippen LogP contribution in [0.15, 0.2) is 30.3 Å². The smallest absolute Gasteiger partial charge is 0.329 e. The van der Waals surface area contributed by atoms with Crippen LogP contribution >= 0.6 is 0 Å². The minimum Gasteiger partial charge on any atom is -0.480 e.